The number of hydrogen-bond acceptors (Lipinski definition) is 3. The fourth-order valence-corrected chi connectivity index (χ4v) is 2.74. The maximum absolute atomic E-state index is 6.06. The highest BCUT2D eigenvalue weighted by atomic mass is 35.5. The van der Waals surface area contributed by atoms with Crippen molar-refractivity contribution < 1.29 is 4.74 Å². The number of halogens is 1. The van der Waals surface area contributed by atoms with Crippen molar-refractivity contribution in [3.8, 4) is 0 Å². The molecule has 4 nitrogen and oxygen atoms in total. The van der Waals surface area contributed by atoms with Gasteiger partial charge in [0.2, 0.25) is 0 Å². The van der Waals surface area contributed by atoms with Gasteiger partial charge in [0.1, 0.15) is 5.84 Å². The quantitative estimate of drug-likeness (QED) is 0.377. The molecule has 0 bridgehead atoms. The van der Waals surface area contributed by atoms with E-state index in [1.54, 1.807) is 6.20 Å². The van der Waals surface area contributed by atoms with Crippen molar-refractivity contribution in [2.24, 2.45) is 4.99 Å². The first kappa shape index (κ1) is 19.6. The van der Waals surface area contributed by atoms with Crippen molar-refractivity contribution in [1.29, 1.82) is 0 Å². The van der Waals surface area contributed by atoms with Gasteiger partial charge in [-0.2, -0.15) is 0 Å². The predicted molar refractivity (Wildman–Crippen MR) is 111 cm³/mol. The predicted octanol–water partition coefficient (Wildman–Crippen LogP) is 3.70. The van der Waals surface area contributed by atoms with Crippen molar-refractivity contribution >= 4 is 41.6 Å². The van der Waals surface area contributed by atoms with E-state index in [1.165, 1.54) is 11.3 Å². The number of ether oxygens (including phenoxy) is 1. The lowest BCUT2D eigenvalue weighted by Gasteiger charge is -2.31. The number of hydrogen-bond donors (Lipinski definition) is 1. The summed E-state index contributed by atoms with van der Waals surface area (Å²) in [6.45, 7) is 15.2. The van der Waals surface area contributed by atoms with Gasteiger partial charge in [-0.25, -0.2) is 4.99 Å². The second-order valence-corrected chi connectivity index (χ2v) is 6.62. The topological polar surface area (TPSA) is 36.9 Å². The van der Waals surface area contributed by atoms with Crippen molar-refractivity contribution in [3.63, 3.8) is 0 Å². The van der Waals surface area contributed by atoms with Crippen LogP contribution in [0, 0.1) is 6.92 Å². The molecule has 1 fully saturated rings. The standard InChI is InChI=1S/C19H26BClN3O/c1-13(2)17(21)12-22-15(4)23-18-10-14(3)19(11-16(18)20-5)24-6-8-25-9-7-24/h10-12H,1,6-9H2,2-5H3,(H,22,23)/b17-12+. The van der Waals surface area contributed by atoms with Crippen LogP contribution in [0.1, 0.15) is 19.4 Å². The zero-order valence-corrected chi connectivity index (χ0v) is 16.3. The minimum absolute atomic E-state index is 0.558. The van der Waals surface area contributed by atoms with Gasteiger partial charge >= 0.3 is 0 Å². The first-order chi connectivity index (χ1) is 11.9. The molecular formula is C19H26BClN3O. The minimum atomic E-state index is 0.558. The van der Waals surface area contributed by atoms with Gasteiger partial charge in [-0.15, -0.1) is 0 Å². The van der Waals surface area contributed by atoms with Gasteiger partial charge in [-0.1, -0.05) is 30.5 Å². The maximum Gasteiger partial charge on any atom is 0.151 e. The normalized spacial score (nSPS) is 16.0. The van der Waals surface area contributed by atoms with Crippen molar-refractivity contribution in [2.75, 3.05) is 36.5 Å². The number of nitrogens with one attached hydrogen (secondary N) is 1. The number of aliphatic imine (C=N–C) groups is 1. The lowest BCUT2D eigenvalue weighted by Crippen LogP contribution is -2.37. The molecule has 6 heteroatoms. The molecule has 1 aromatic rings. The van der Waals surface area contributed by atoms with Gasteiger partial charge in [-0.05, 0) is 44.0 Å². The largest absolute Gasteiger partial charge is 0.378 e. The molecule has 0 spiro atoms. The Bertz CT molecular complexity index is 694. The van der Waals surface area contributed by atoms with Crippen LogP contribution in [0.2, 0.25) is 6.82 Å². The SMILES string of the molecule is C=C(C)/C(Cl)=C\N=C(C)Nc1cc(C)c(N2CCOCC2)cc1[B]C. The molecule has 0 aromatic heterocycles. The molecule has 0 unspecified atom stereocenters. The zero-order valence-electron chi connectivity index (χ0n) is 15.5. The van der Waals surface area contributed by atoms with E-state index in [-0.39, 0.29) is 0 Å². The summed E-state index contributed by atoms with van der Waals surface area (Å²) in [7, 11) is 2.11. The Labute approximate surface area is 156 Å². The van der Waals surface area contributed by atoms with E-state index in [0.717, 1.165) is 48.9 Å². The van der Waals surface area contributed by atoms with Crippen LogP contribution in [0.3, 0.4) is 0 Å². The number of anilines is 2. The molecular weight excluding hydrogens is 332 g/mol. The number of morpholine rings is 1. The highest BCUT2D eigenvalue weighted by Gasteiger charge is 2.15. The van der Waals surface area contributed by atoms with Gasteiger partial charge in [0, 0.05) is 30.7 Å². The van der Waals surface area contributed by atoms with E-state index < -0.39 is 0 Å². The molecule has 25 heavy (non-hydrogen) atoms. The molecule has 1 saturated heterocycles. The molecule has 1 aliphatic heterocycles. The average Bonchev–Trinajstić information content (AvgIpc) is 2.60. The van der Waals surface area contributed by atoms with E-state index >= 15 is 0 Å². The van der Waals surface area contributed by atoms with Gasteiger partial charge in [0.15, 0.2) is 7.28 Å². The third-order valence-electron chi connectivity index (χ3n) is 4.13. The van der Waals surface area contributed by atoms with Crippen LogP contribution >= 0.6 is 11.6 Å². The molecule has 133 valence electrons. The number of nitrogens with zero attached hydrogens (tertiary/aromatic N) is 2. The van der Waals surface area contributed by atoms with Crippen LogP contribution < -0.4 is 15.7 Å². The Balaban J connectivity index is 2.23. The molecule has 0 atom stereocenters. The van der Waals surface area contributed by atoms with Crippen LogP contribution in [0.4, 0.5) is 11.4 Å². The summed E-state index contributed by atoms with van der Waals surface area (Å²) in [4.78, 5) is 6.75. The van der Waals surface area contributed by atoms with Crippen LogP contribution in [0.15, 0.2) is 40.5 Å². The number of rotatable bonds is 5. The van der Waals surface area contributed by atoms with Crippen molar-refractivity contribution in [1.82, 2.24) is 0 Å². The van der Waals surface area contributed by atoms with E-state index in [1.807, 2.05) is 20.7 Å². The van der Waals surface area contributed by atoms with E-state index in [0.29, 0.717) is 5.03 Å². The van der Waals surface area contributed by atoms with Crippen LogP contribution in [0.5, 0.6) is 0 Å². The molecule has 2 rings (SSSR count). The second kappa shape index (κ2) is 9.11. The molecule has 0 amide bonds. The van der Waals surface area contributed by atoms with Crippen LogP contribution in [-0.4, -0.2) is 39.4 Å². The monoisotopic (exact) mass is 358 g/mol. The Morgan fingerprint density at radius 1 is 1.36 bits per heavy atom. The third kappa shape index (κ3) is 5.38. The number of allylic oxidation sites excluding steroid dienone is 2. The highest BCUT2D eigenvalue weighted by Crippen LogP contribution is 2.23. The Morgan fingerprint density at radius 2 is 2.04 bits per heavy atom. The van der Waals surface area contributed by atoms with Crippen molar-refractivity contribution in [3.05, 3.63) is 41.1 Å². The van der Waals surface area contributed by atoms with Gasteiger partial charge < -0.3 is 15.0 Å². The first-order valence-electron chi connectivity index (χ1n) is 8.52. The Morgan fingerprint density at radius 3 is 2.64 bits per heavy atom. The molecule has 1 radical (unpaired) electrons. The number of benzene rings is 1. The molecule has 1 aromatic carbocycles. The van der Waals surface area contributed by atoms with Gasteiger partial charge in [0.25, 0.3) is 0 Å². The Kier molecular flexibility index (Phi) is 7.15. The van der Waals surface area contributed by atoms with Crippen molar-refractivity contribution in [2.45, 2.75) is 27.6 Å². The average molecular weight is 359 g/mol. The van der Waals surface area contributed by atoms with E-state index in [9.17, 15) is 0 Å². The van der Waals surface area contributed by atoms with E-state index in [4.69, 9.17) is 16.3 Å². The van der Waals surface area contributed by atoms with E-state index in [2.05, 4.69) is 48.1 Å². The summed E-state index contributed by atoms with van der Waals surface area (Å²) >= 11 is 6.06. The highest BCUT2D eigenvalue weighted by molar-refractivity contribution is 6.54. The molecule has 0 saturated carbocycles. The molecule has 1 heterocycles. The number of aryl methyl sites for hydroxylation is 1. The lowest BCUT2D eigenvalue weighted by atomic mass is 9.71. The second-order valence-electron chi connectivity index (χ2n) is 6.21. The summed E-state index contributed by atoms with van der Waals surface area (Å²) in [5, 5.41) is 3.93. The van der Waals surface area contributed by atoms with Crippen LogP contribution in [0.25, 0.3) is 0 Å². The third-order valence-corrected chi connectivity index (χ3v) is 4.55. The summed E-state index contributed by atoms with van der Waals surface area (Å²) < 4.78 is 5.46. The Hall–Kier alpha value is -1.72. The zero-order chi connectivity index (χ0) is 18.4. The smallest absolute Gasteiger partial charge is 0.151 e. The minimum Gasteiger partial charge on any atom is -0.378 e. The summed E-state index contributed by atoms with van der Waals surface area (Å²) in [6, 6.07) is 4.40. The maximum atomic E-state index is 6.06. The summed E-state index contributed by atoms with van der Waals surface area (Å²) in [5.41, 5.74) is 5.49. The van der Waals surface area contributed by atoms with Gasteiger partial charge in [0.05, 0.1) is 18.2 Å². The first-order valence-corrected chi connectivity index (χ1v) is 8.90. The summed E-state index contributed by atoms with van der Waals surface area (Å²) in [5.74, 6) is 0.779. The molecule has 1 N–H and O–H groups in total. The lowest BCUT2D eigenvalue weighted by molar-refractivity contribution is 0.122. The van der Waals surface area contributed by atoms with Gasteiger partial charge in [-0.3, -0.25) is 0 Å². The molecule has 0 aliphatic carbocycles. The fourth-order valence-electron chi connectivity index (χ4n) is 2.70. The van der Waals surface area contributed by atoms with Crippen LogP contribution in [-0.2, 0) is 4.74 Å². The fraction of sp³-hybridized carbons (Fsp3) is 0.421. The summed E-state index contributed by atoms with van der Waals surface area (Å²) in [6.07, 6.45) is 1.62. The number of amidine groups is 1. The molecule has 1 aliphatic rings.